The van der Waals surface area contributed by atoms with Crippen LogP contribution in [0.1, 0.15) is 36.8 Å². The molecule has 2 aliphatic rings. The summed E-state index contributed by atoms with van der Waals surface area (Å²) < 4.78 is 17.1. The first kappa shape index (κ1) is 19.5. The number of rotatable bonds is 4. The normalized spacial score (nSPS) is 22.6. The van der Waals surface area contributed by atoms with Gasteiger partial charge in [-0.05, 0) is 42.5 Å². The summed E-state index contributed by atoms with van der Waals surface area (Å²) in [7, 11) is 0. The number of amides is 1. The lowest BCUT2D eigenvalue weighted by atomic mass is 9.79. The summed E-state index contributed by atoms with van der Waals surface area (Å²) >= 11 is 3.53. The number of nitrogens with zero attached hydrogens (tertiary/aromatic N) is 3. The van der Waals surface area contributed by atoms with Crippen molar-refractivity contribution in [3.8, 4) is 11.4 Å². The zero-order valence-electron chi connectivity index (χ0n) is 16.6. The van der Waals surface area contributed by atoms with Crippen LogP contribution in [0.5, 0.6) is 0 Å². The van der Waals surface area contributed by atoms with Gasteiger partial charge in [0.05, 0.1) is 12.1 Å². The summed E-state index contributed by atoms with van der Waals surface area (Å²) in [5, 5.41) is 0. The Morgan fingerprint density at radius 1 is 1.20 bits per heavy atom. The first-order valence-corrected chi connectivity index (χ1v) is 11.2. The van der Waals surface area contributed by atoms with E-state index in [4.69, 9.17) is 0 Å². The van der Waals surface area contributed by atoms with Crippen molar-refractivity contribution >= 4 is 21.8 Å². The Bertz CT molecular complexity index is 1080. The molecule has 0 spiro atoms. The highest BCUT2D eigenvalue weighted by Gasteiger charge is 2.45. The second kappa shape index (κ2) is 7.65. The number of halogens is 2. The first-order chi connectivity index (χ1) is 14.6. The predicted molar refractivity (Wildman–Crippen MR) is 118 cm³/mol. The number of carbonyl (C=O) groups is 1. The lowest BCUT2D eigenvalue weighted by Gasteiger charge is -2.35. The van der Waals surface area contributed by atoms with E-state index < -0.39 is 11.7 Å². The first-order valence-electron chi connectivity index (χ1n) is 10.4. The molecule has 1 aromatic heterocycles. The van der Waals surface area contributed by atoms with Gasteiger partial charge in [0.1, 0.15) is 12.0 Å². The average Bonchev–Trinajstić information content (AvgIpc) is 3.34. The fourth-order valence-electron chi connectivity index (χ4n) is 5.00. The highest BCUT2D eigenvalue weighted by molar-refractivity contribution is 9.10. The van der Waals surface area contributed by atoms with E-state index in [9.17, 15) is 9.18 Å². The largest absolute Gasteiger partial charge is 0.340 e. The van der Waals surface area contributed by atoms with Crippen molar-refractivity contribution in [1.82, 2.24) is 14.5 Å². The highest BCUT2D eigenvalue weighted by Crippen LogP contribution is 2.49. The molecule has 2 atom stereocenters. The minimum Gasteiger partial charge on any atom is -0.340 e. The number of benzene rings is 2. The summed E-state index contributed by atoms with van der Waals surface area (Å²) in [5.74, 6) is 0.947. The van der Waals surface area contributed by atoms with Crippen molar-refractivity contribution in [1.29, 1.82) is 0 Å². The van der Waals surface area contributed by atoms with Gasteiger partial charge in [-0.2, -0.15) is 0 Å². The van der Waals surface area contributed by atoms with Crippen molar-refractivity contribution < 1.29 is 9.18 Å². The number of hydrogen-bond donors (Lipinski definition) is 0. The molecule has 0 saturated carbocycles. The van der Waals surface area contributed by atoms with Crippen LogP contribution in [-0.2, 0) is 10.3 Å². The molecule has 2 aliphatic heterocycles. The van der Waals surface area contributed by atoms with Crippen LogP contribution in [0.15, 0.2) is 65.4 Å². The third-order valence-electron chi connectivity index (χ3n) is 6.40. The summed E-state index contributed by atoms with van der Waals surface area (Å²) in [5.41, 5.74) is 2.86. The van der Waals surface area contributed by atoms with Gasteiger partial charge in [0.15, 0.2) is 0 Å². The van der Waals surface area contributed by atoms with Crippen molar-refractivity contribution in [2.24, 2.45) is 0 Å². The molecule has 3 heterocycles. The second-order valence-electron chi connectivity index (χ2n) is 8.11. The molecule has 6 heteroatoms. The molecule has 2 unspecified atom stereocenters. The smallest absolute Gasteiger partial charge is 0.222 e. The molecule has 0 aliphatic carbocycles. The number of piperidine rings is 1. The van der Waals surface area contributed by atoms with Crippen LogP contribution in [0.4, 0.5) is 4.39 Å². The van der Waals surface area contributed by atoms with E-state index >= 15 is 0 Å². The molecule has 0 bridgehead atoms. The van der Waals surface area contributed by atoms with E-state index in [1.54, 1.807) is 4.90 Å². The average molecular weight is 468 g/mol. The Hall–Kier alpha value is -2.47. The van der Waals surface area contributed by atoms with Crippen molar-refractivity contribution in [2.75, 3.05) is 13.1 Å². The van der Waals surface area contributed by atoms with Gasteiger partial charge in [0.25, 0.3) is 0 Å². The van der Waals surface area contributed by atoms with Gasteiger partial charge >= 0.3 is 0 Å². The zero-order chi connectivity index (χ0) is 20.7. The summed E-state index contributed by atoms with van der Waals surface area (Å²) in [6.07, 6.45) is 5.16. The summed E-state index contributed by atoms with van der Waals surface area (Å²) in [6.45, 7) is 0.870. The van der Waals surface area contributed by atoms with Crippen molar-refractivity contribution in [3.63, 3.8) is 0 Å². The van der Waals surface area contributed by atoms with Crippen LogP contribution < -0.4 is 0 Å². The quantitative estimate of drug-likeness (QED) is 0.531. The van der Waals surface area contributed by atoms with E-state index in [0.717, 1.165) is 33.4 Å². The Morgan fingerprint density at radius 2 is 2.00 bits per heavy atom. The maximum atomic E-state index is 13.9. The van der Waals surface area contributed by atoms with Gasteiger partial charge in [-0.25, -0.2) is 9.37 Å². The van der Waals surface area contributed by atoms with Crippen LogP contribution in [0.3, 0.4) is 0 Å². The molecule has 1 saturated heterocycles. The molecule has 1 fully saturated rings. The van der Waals surface area contributed by atoms with Gasteiger partial charge in [-0.3, -0.25) is 4.79 Å². The van der Waals surface area contributed by atoms with Crippen LogP contribution in [0.2, 0.25) is 0 Å². The number of imidazole rings is 1. The maximum absolute atomic E-state index is 13.9. The third-order valence-corrected chi connectivity index (χ3v) is 6.93. The Kier molecular flexibility index (Phi) is 4.97. The molecule has 154 valence electrons. The number of alkyl halides is 1. The van der Waals surface area contributed by atoms with Crippen LogP contribution in [0.25, 0.3) is 11.4 Å². The van der Waals surface area contributed by atoms with Crippen molar-refractivity contribution in [2.45, 2.75) is 37.4 Å². The van der Waals surface area contributed by atoms with E-state index in [1.165, 1.54) is 0 Å². The van der Waals surface area contributed by atoms with Crippen LogP contribution in [-0.4, -0.2) is 39.6 Å². The number of carbonyl (C=O) groups excluding carboxylic acids is 1. The fourth-order valence-corrected chi connectivity index (χ4v) is 5.26. The Morgan fingerprint density at radius 3 is 2.80 bits per heavy atom. The fraction of sp³-hybridized carbons (Fsp3) is 0.333. The number of hydrogen-bond acceptors (Lipinski definition) is 2. The van der Waals surface area contributed by atoms with E-state index in [1.807, 2.05) is 36.7 Å². The minimum atomic E-state index is -0.907. The van der Waals surface area contributed by atoms with E-state index in [0.29, 0.717) is 25.8 Å². The zero-order valence-corrected chi connectivity index (χ0v) is 18.2. The van der Waals surface area contributed by atoms with E-state index in [2.05, 4.69) is 49.7 Å². The van der Waals surface area contributed by atoms with Crippen LogP contribution >= 0.6 is 15.9 Å². The molecular weight excluding hydrogens is 445 g/mol. The SMILES string of the molecule is O=C(CCC1(c2ccc(Br)cc2)c2ccccc2-c2nccn21)N1CCCC(F)C1. The molecular formula is C24H23BrFN3O. The van der Waals surface area contributed by atoms with Crippen LogP contribution in [0, 0.1) is 0 Å². The topological polar surface area (TPSA) is 38.1 Å². The van der Waals surface area contributed by atoms with Gasteiger partial charge in [0, 0.05) is 35.4 Å². The molecule has 1 amide bonds. The molecule has 5 rings (SSSR count). The Balaban J connectivity index is 1.56. The standard InChI is InChI=1S/C24H23BrFN3O/c25-18-9-7-17(8-10-18)24(12-11-22(30)28-14-3-4-19(26)16-28)21-6-2-1-5-20(21)23-27-13-15-29(23)24/h1-2,5-10,13,15,19H,3-4,11-12,14,16H2. The molecule has 4 nitrogen and oxygen atoms in total. The molecule has 2 aromatic carbocycles. The van der Waals surface area contributed by atoms with Gasteiger partial charge in [0.2, 0.25) is 5.91 Å². The second-order valence-corrected chi connectivity index (χ2v) is 9.03. The summed E-state index contributed by atoms with van der Waals surface area (Å²) in [4.78, 5) is 19.3. The van der Waals surface area contributed by atoms with Gasteiger partial charge < -0.3 is 9.47 Å². The maximum Gasteiger partial charge on any atom is 0.222 e. The Labute approximate surface area is 183 Å². The van der Waals surface area contributed by atoms with Gasteiger partial charge in [-0.15, -0.1) is 0 Å². The summed E-state index contributed by atoms with van der Waals surface area (Å²) in [6, 6.07) is 16.6. The lowest BCUT2D eigenvalue weighted by Crippen LogP contribution is -2.42. The number of fused-ring (bicyclic) bond motifs is 3. The third kappa shape index (κ3) is 3.09. The molecule has 0 N–H and O–H groups in total. The lowest BCUT2D eigenvalue weighted by molar-refractivity contribution is -0.133. The van der Waals surface area contributed by atoms with Gasteiger partial charge in [-0.1, -0.05) is 52.3 Å². The number of aromatic nitrogens is 2. The van der Waals surface area contributed by atoms with Crippen molar-refractivity contribution in [3.05, 3.63) is 76.5 Å². The minimum absolute atomic E-state index is 0.0277. The predicted octanol–water partition coefficient (Wildman–Crippen LogP) is 5.16. The molecule has 0 radical (unpaired) electrons. The number of likely N-dealkylation sites (tertiary alicyclic amines) is 1. The molecule has 30 heavy (non-hydrogen) atoms. The highest BCUT2D eigenvalue weighted by atomic mass is 79.9. The van der Waals surface area contributed by atoms with E-state index in [-0.39, 0.29) is 12.5 Å². The molecule has 3 aromatic rings. The monoisotopic (exact) mass is 467 g/mol.